The minimum absolute atomic E-state index is 0.101. The number of fused-ring (bicyclic) bond motifs is 2. The van der Waals surface area contributed by atoms with Gasteiger partial charge in [-0.05, 0) is 42.9 Å². The third-order valence-corrected chi connectivity index (χ3v) is 6.63. The van der Waals surface area contributed by atoms with Crippen LogP contribution in [0, 0.1) is 16.7 Å². The molecule has 6 unspecified atom stereocenters. The molecule has 110 valence electrons. The summed E-state index contributed by atoms with van der Waals surface area (Å²) in [4.78, 5) is 0. The Hall–Kier alpha value is -0.120. The van der Waals surface area contributed by atoms with Crippen LogP contribution in [-0.2, 0) is 9.47 Å². The average molecular weight is 268 g/mol. The first-order chi connectivity index (χ1) is 8.90. The van der Waals surface area contributed by atoms with Crippen molar-refractivity contribution >= 4 is 0 Å². The van der Waals surface area contributed by atoms with Crippen LogP contribution in [0.15, 0.2) is 0 Å². The van der Waals surface area contributed by atoms with Crippen LogP contribution in [0.1, 0.15) is 53.4 Å². The molecule has 3 nitrogen and oxygen atoms in total. The molecule has 3 fully saturated rings. The van der Waals surface area contributed by atoms with E-state index in [9.17, 15) is 5.11 Å². The second-order valence-electron chi connectivity index (χ2n) is 7.50. The van der Waals surface area contributed by atoms with Gasteiger partial charge in [0.2, 0.25) is 0 Å². The zero-order valence-corrected chi connectivity index (χ0v) is 12.7. The molecule has 1 N–H and O–H groups in total. The van der Waals surface area contributed by atoms with Gasteiger partial charge in [-0.1, -0.05) is 20.8 Å². The Morgan fingerprint density at radius 3 is 2.42 bits per heavy atom. The van der Waals surface area contributed by atoms with Crippen molar-refractivity contribution in [2.45, 2.75) is 77.8 Å². The Morgan fingerprint density at radius 2 is 1.95 bits per heavy atom. The fourth-order valence-electron chi connectivity index (χ4n) is 4.65. The van der Waals surface area contributed by atoms with Gasteiger partial charge >= 0.3 is 0 Å². The second kappa shape index (κ2) is 4.44. The Bertz CT molecular complexity index is 354. The average Bonchev–Trinajstić information content (AvgIpc) is 2.68. The molecule has 3 saturated carbocycles. The fraction of sp³-hybridized carbons (Fsp3) is 1.00. The first-order valence-corrected chi connectivity index (χ1v) is 7.85. The van der Waals surface area contributed by atoms with Crippen molar-refractivity contribution in [3.05, 3.63) is 0 Å². The number of ether oxygens (including phenoxy) is 2. The normalized spacial score (nSPS) is 51.3. The van der Waals surface area contributed by atoms with Crippen molar-refractivity contribution in [1.82, 2.24) is 0 Å². The van der Waals surface area contributed by atoms with Gasteiger partial charge in [-0.25, -0.2) is 0 Å². The smallest absolute Gasteiger partial charge is 0.110 e. The number of hydrogen-bond donors (Lipinski definition) is 1. The summed E-state index contributed by atoms with van der Waals surface area (Å²) in [6, 6.07) is 0. The van der Waals surface area contributed by atoms with E-state index < -0.39 is 0 Å². The van der Waals surface area contributed by atoms with Gasteiger partial charge in [0.1, 0.15) is 6.10 Å². The molecule has 0 amide bonds. The lowest BCUT2D eigenvalue weighted by molar-refractivity contribution is -0.221. The molecular weight excluding hydrogens is 240 g/mol. The summed E-state index contributed by atoms with van der Waals surface area (Å²) >= 11 is 0. The second-order valence-corrected chi connectivity index (χ2v) is 7.50. The van der Waals surface area contributed by atoms with Crippen LogP contribution in [0.4, 0.5) is 0 Å². The summed E-state index contributed by atoms with van der Waals surface area (Å²) in [5.41, 5.74) is 0.691. The van der Waals surface area contributed by atoms with Crippen molar-refractivity contribution in [3.8, 4) is 0 Å². The highest BCUT2D eigenvalue weighted by atomic mass is 16.6. The Morgan fingerprint density at radius 1 is 1.21 bits per heavy atom. The van der Waals surface area contributed by atoms with Gasteiger partial charge in [0.25, 0.3) is 0 Å². The van der Waals surface area contributed by atoms with Crippen molar-refractivity contribution in [3.63, 3.8) is 0 Å². The number of rotatable bonds is 4. The van der Waals surface area contributed by atoms with Gasteiger partial charge in [-0.15, -0.1) is 0 Å². The summed E-state index contributed by atoms with van der Waals surface area (Å²) in [6.07, 6.45) is 4.58. The number of hydrogen-bond acceptors (Lipinski definition) is 3. The van der Waals surface area contributed by atoms with Gasteiger partial charge in [-0.3, -0.25) is 0 Å². The fourth-order valence-corrected chi connectivity index (χ4v) is 4.65. The predicted molar refractivity (Wildman–Crippen MR) is 73.9 cm³/mol. The summed E-state index contributed by atoms with van der Waals surface area (Å²) in [7, 11) is 0. The van der Waals surface area contributed by atoms with Gasteiger partial charge < -0.3 is 14.6 Å². The zero-order valence-electron chi connectivity index (χ0n) is 12.7. The highest BCUT2D eigenvalue weighted by Gasteiger charge is 2.63. The van der Waals surface area contributed by atoms with E-state index in [1.54, 1.807) is 0 Å². The predicted octanol–water partition coefficient (Wildman–Crippen LogP) is 2.76. The Kier molecular flexibility index (Phi) is 3.23. The summed E-state index contributed by atoms with van der Waals surface area (Å²) < 4.78 is 12.0. The molecule has 3 rings (SSSR count). The largest absolute Gasteiger partial charge is 0.390 e. The van der Waals surface area contributed by atoms with Crippen LogP contribution >= 0.6 is 0 Å². The van der Waals surface area contributed by atoms with Gasteiger partial charge in [0.05, 0.1) is 18.3 Å². The standard InChI is InChI=1S/C16H28O3/c1-5-18-14-11(17)9-12(14)19-13-8-10-6-7-16(13,4)15(10,2)3/h10-14,17H,5-9H2,1-4H3. The van der Waals surface area contributed by atoms with E-state index in [0.717, 1.165) is 12.3 Å². The molecule has 0 aromatic carbocycles. The first-order valence-electron chi connectivity index (χ1n) is 7.85. The minimum atomic E-state index is -0.329. The van der Waals surface area contributed by atoms with E-state index in [1.165, 1.54) is 19.3 Å². The third-order valence-electron chi connectivity index (χ3n) is 6.63. The SMILES string of the molecule is CCOC1C(O)CC1OC1CC2CCC1(C)C2(C)C. The van der Waals surface area contributed by atoms with E-state index in [-0.39, 0.29) is 18.3 Å². The highest BCUT2D eigenvalue weighted by molar-refractivity contribution is 5.11. The Balaban J connectivity index is 1.66. The van der Waals surface area contributed by atoms with Gasteiger partial charge in [0, 0.05) is 13.0 Å². The molecule has 0 saturated heterocycles. The molecule has 3 heteroatoms. The molecule has 2 bridgehead atoms. The van der Waals surface area contributed by atoms with Crippen LogP contribution < -0.4 is 0 Å². The number of aliphatic hydroxyl groups excluding tert-OH is 1. The maximum absolute atomic E-state index is 9.78. The molecule has 0 aromatic heterocycles. The highest BCUT2D eigenvalue weighted by Crippen LogP contribution is 2.66. The molecule has 3 aliphatic rings. The zero-order chi connectivity index (χ0) is 13.8. The minimum Gasteiger partial charge on any atom is -0.390 e. The Labute approximate surface area is 116 Å². The van der Waals surface area contributed by atoms with E-state index in [0.29, 0.717) is 23.5 Å². The van der Waals surface area contributed by atoms with Crippen LogP contribution in [-0.4, -0.2) is 36.1 Å². The maximum atomic E-state index is 9.78. The van der Waals surface area contributed by atoms with Crippen molar-refractivity contribution < 1.29 is 14.6 Å². The van der Waals surface area contributed by atoms with Crippen molar-refractivity contribution in [2.75, 3.05) is 6.61 Å². The molecule has 0 aliphatic heterocycles. The molecule has 0 heterocycles. The van der Waals surface area contributed by atoms with Crippen molar-refractivity contribution in [1.29, 1.82) is 0 Å². The topological polar surface area (TPSA) is 38.7 Å². The molecule has 0 radical (unpaired) electrons. The molecule has 19 heavy (non-hydrogen) atoms. The van der Waals surface area contributed by atoms with E-state index >= 15 is 0 Å². The van der Waals surface area contributed by atoms with Crippen LogP contribution in [0.25, 0.3) is 0 Å². The molecular formula is C16H28O3. The molecule has 0 aromatic rings. The van der Waals surface area contributed by atoms with E-state index in [4.69, 9.17) is 9.47 Å². The van der Waals surface area contributed by atoms with Gasteiger partial charge in [0.15, 0.2) is 0 Å². The summed E-state index contributed by atoms with van der Waals surface area (Å²) in [6.45, 7) is 9.84. The molecule has 6 atom stereocenters. The summed E-state index contributed by atoms with van der Waals surface area (Å²) in [5.74, 6) is 0.804. The van der Waals surface area contributed by atoms with Gasteiger partial charge in [-0.2, -0.15) is 0 Å². The lowest BCUT2D eigenvalue weighted by Gasteiger charge is -2.46. The van der Waals surface area contributed by atoms with E-state index in [2.05, 4.69) is 20.8 Å². The van der Waals surface area contributed by atoms with Crippen LogP contribution in [0.3, 0.4) is 0 Å². The van der Waals surface area contributed by atoms with E-state index in [1.807, 2.05) is 6.92 Å². The monoisotopic (exact) mass is 268 g/mol. The quantitative estimate of drug-likeness (QED) is 0.852. The maximum Gasteiger partial charge on any atom is 0.110 e. The first kappa shape index (κ1) is 13.8. The molecule has 0 spiro atoms. The summed E-state index contributed by atoms with van der Waals surface area (Å²) in [5, 5.41) is 9.78. The van der Waals surface area contributed by atoms with Crippen LogP contribution in [0.2, 0.25) is 0 Å². The third kappa shape index (κ3) is 1.81. The lowest BCUT2D eigenvalue weighted by Crippen LogP contribution is -2.56. The lowest BCUT2D eigenvalue weighted by atomic mass is 9.70. The van der Waals surface area contributed by atoms with Crippen molar-refractivity contribution in [2.24, 2.45) is 16.7 Å². The molecule has 3 aliphatic carbocycles. The number of aliphatic hydroxyl groups is 1. The van der Waals surface area contributed by atoms with Crippen LogP contribution in [0.5, 0.6) is 0 Å².